The summed E-state index contributed by atoms with van der Waals surface area (Å²) in [5.41, 5.74) is 0.438. The van der Waals surface area contributed by atoms with E-state index < -0.39 is 0 Å². The van der Waals surface area contributed by atoms with Gasteiger partial charge in [0.1, 0.15) is 5.15 Å². The Balaban J connectivity index is 1.97. The van der Waals surface area contributed by atoms with E-state index in [1.807, 2.05) is 0 Å². The van der Waals surface area contributed by atoms with E-state index in [1.165, 1.54) is 6.20 Å². The third-order valence-corrected chi connectivity index (χ3v) is 4.88. The molecule has 0 unspecified atom stereocenters. The number of allylic oxidation sites excluding steroid dienone is 10. The fraction of sp³-hybridized carbons (Fsp3) is 0.393. The fourth-order valence-corrected chi connectivity index (χ4v) is 2.94. The number of rotatable bonds is 17. The van der Waals surface area contributed by atoms with Gasteiger partial charge in [-0.25, -0.2) is 4.98 Å². The van der Waals surface area contributed by atoms with E-state index in [0.717, 1.165) is 44.9 Å². The second-order valence-corrected chi connectivity index (χ2v) is 7.96. The zero-order valence-electron chi connectivity index (χ0n) is 20.2. The highest BCUT2D eigenvalue weighted by Gasteiger charge is 2.05. The second kappa shape index (κ2) is 20.7. The number of nitrogens with one attached hydrogen (secondary N) is 2. The minimum atomic E-state index is -0.239. The minimum absolute atomic E-state index is 0.00485. The molecule has 2 N–H and O–H groups in total. The predicted octanol–water partition coefficient (Wildman–Crippen LogP) is 6.50. The Bertz CT molecular complexity index is 840. The molecule has 0 saturated heterocycles. The molecular formula is C28H38ClN3O2. The number of amides is 2. The summed E-state index contributed by atoms with van der Waals surface area (Å²) in [5.74, 6) is -0.244. The van der Waals surface area contributed by atoms with E-state index >= 15 is 0 Å². The van der Waals surface area contributed by atoms with Crippen molar-refractivity contribution in [3.63, 3.8) is 0 Å². The van der Waals surface area contributed by atoms with Crippen LogP contribution in [0.15, 0.2) is 79.1 Å². The molecule has 1 heterocycles. The van der Waals surface area contributed by atoms with E-state index in [4.69, 9.17) is 11.6 Å². The van der Waals surface area contributed by atoms with Gasteiger partial charge in [0.05, 0.1) is 5.56 Å². The Kier molecular flexibility index (Phi) is 17.7. The first-order valence-corrected chi connectivity index (χ1v) is 12.4. The van der Waals surface area contributed by atoms with Crippen LogP contribution in [0.2, 0.25) is 5.15 Å². The summed E-state index contributed by atoms with van der Waals surface area (Å²) in [6.07, 6.45) is 30.3. The molecule has 1 rings (SSSR count). The summed E-state index contributed by atoms with van der Waals surface area (Å²) in [5, 5.41) is 5.89. The molecule has 0 radical (unpaired) electrons. The lowest BCUT2D eigenvalue weighted by Crippen LogP contribution is -2.34. The zero-order chi connectivity index (χ0) is 24.7. The Morgan fingerprint density at radius 2 is 1.38 bits per heavy atom. The Morgan fingerprint density at radius 3 is 1.94 bits per heavy atom. The van der Waals surface area contributed by atoms with Gasteiger partial charge in [-0.2, -0.15) is 0 Å². The van der Waals surface area contributed by atoms with Crippen LogP contribution in [0.4, 0.5) is 0 Å². The van der Waals surface area contributed by atoms with E-state index in [2.05, 4.69) is 83.3 Å². The van der Waals surface area contributed by atoms with Gasteiger partial charge in [-0.3, -0.25) is 9.59 Å². The minimum Gasteiger partial charge on any atom is -0.354 e. The van der Waals surface area contributed by atoms with Crippen LogP contribution in [-0.4, -0.2) is 29.9 Å². The lowest BCUT2D eigenvalue weighted by molar-refractivity contribution is -0.121. The van der Waals surface area contributed by atoms with Crippen molar-refractivity contribution in [2.45, 2.75) is 58.3 Å². The number of unbranched alkanes of at least 4 members (excludes halogenated alkanes) is 1. The van der Waals surface area contributed by atoms with Crippen LogP contribution in [-0.2, 0) is 4.79 Å². The Hall–Kier alpha value is -2.92. The molecule has 0 spiro atoms. The summed E-state index contributed by atoms with van der Waals surface area (Å²) in [7, 11) is 0. The van der Waals surface area contributed by atoms with Crippen molar-refractivity contribution in [3.05, 3.63) is 89.8 Å². The molecule has 0 saturated carbocycles. The van der Waals surface area contributed by atoms with Crippen LogP contribution < -0.4 is 10.6 Å². The molecule has 0 aromatic carbocycles. The topological polar surface area (TPSA) is 71.1 Å². The highest BCUT2D eigenvalue weighted by molar-refractivity contribution is 6.29. The molecule has 0 atom stereocenters. The third kappa shape index (κ3) is 16.7. The largest absolute Gasteiger partial charge is 0.354 e. The average Bonchev–Trinajstić information content (AvgIpc) is 2.84. The monoisotopic (exact) mass is 483 g/mol. The van der Waals surface area contributed by atoms with E-state index in [0.29, 0.717) is 30.2 Å². The van der Waals surface area contributed by atoms with Crippen molar-refractivity contribution < 1.29 is 9.59 Å². The first-order valence-electron chi connectivity index (χ1n) is 12.0. The molecule has 1 aromatic heterocycles. The molecule has 2 amide bonds. The van der Waals surface area contributed by atoms with Crippen LogP contribution in [0, 0.1) is 0 Å². The van der Waals surface area contributed by atoms with Gasteiger partial charge in [0.15, 0.2) is 0 Å². The lowest BCUT2D eigenvalue weighted by atomic mass is 10.2. The highest BCUT2D eigenvalue weighted by atomic mass is 35.5. The molecule has 0 aliphatic carbocycles. The van der Waals surface area contributed by atoms with Gasteiger partial charge in [0.25, 0.3) is 5.91 Å². The van der Waals surface area contributed by atoms with E-state index in [9.17, 15) is 9.59 Å². The standard InChI is InChI=1S/C28H38ClN3O2/c1-2-3-4-5-6-7-8-9-10-11-12-13-14-15-16-17-18-19-27(33)30-22-23-31-28(34)25-20-21-26(29)32-24-25/h3-4,6-7,9-10,12-13,15-16,20-21,24H,2,5,8,11,14,17-19,22-23H2,1H3,(H,30,33)(H,31,34)/b4-3-,7-6-,10-9-,13-12-,16-15-. The average molecular weight is 484 g/mol. The lowest BCUT2D eigenvalue weighted by Gasteiger charge is -2.07. The maximum absolute atomic E-state index is 11.9. The summed E-state index contributed by atoms with van der Waals surface area (Å²) >= 11 is 5.70. The number of halogens is 1. The van der Waals surface area contributed by atoms with Crippen LogP contribution in [0.3, 0.4) is 0 Å². The molecule has 0 bridgehead atoms. The van der Waals surface area contributed by atoms with E-state index in [-0.39, 0.29) is 11.8 Å². The molecular weight excluding hydrogens is 446 g/mol. The van der Waals surface area contributed by atoms with Gasteiger partial charge in [-0.05, 0) is 57.1 Å². The molecule has 34 heavy (non-hydrogen) atoms. The van der Waals surface area contributed by atoms with Crippen molar-refractivity contribution in [2.24, 2.45) is 0 Å². The van der Waals surface area contributed by atoms with Crippen molar-refractivity contribution in [2.75, 3.05) is 13.1 Å². The van der Waals surface area contributed by atoms with Crippen LogP contribution in [0.1, 0.15) is 68.6 Å². The summed E-state index contributed by atoms with van der Waals surface area (Å²) in [6.45, 7) is 2.90. The molecule has 1 aromatic rings. The number of carbonyl (C=O) groups is 2. The number of nitrogens with zero attached hydrogens (tertiary/aromatic N) is 1. The number of hydrogen-bond donors (Lipinski definition) is 2. The van der Waals surface area contributed by atoms with Crippen LogP contribution >= 0.6 is 11.6 Å². The maximum atomic E-state index is 11.9. The number of hydrogen-bond acceptors (Lipinski definition) is 3. The Labute approximate surface area is 209 Å². The SMILES string of the molecule is CC/C=C\C/C=C\C/C=C\C/C=C\C/C=C\CCCC(=O)NCCNC(=O)c1ccc(Cl)nc1. The molecule has 0 aliphatic heterocycles. The Morgan fingerprint density at radius 1 is 0.824 bits per heavy atom. The smallest absolute Gasteiger partial charge is 0.252 e. The first-order chi connectivity index (χ1) is 16.6. The van der Waals surface area contributed by atoms with Gasteiger partial charge in [0.2, 0.25) is 5.91 Å². The van der Waals surface area contributed by atoms with Crippen LogP contribution in [0.5, 0.6) is 0 Å². The van der Waals surface area contributed by atoms with Gasteiger partial charge < -0.3 is 10.6 Å². The quantitative estimate of drug-likeness (QED) is 0.151. The van der Waals surface area contributed by atoms with Crippen molar-refractivity contribution >= 4 is 23.4 Å². The molecule has 184 valence electrons. The number of carbonyl (C=O) groups excluding carboxylic acids is 2. The number of pyridine rings is 1. The summed E-state index contributed by atoms with van der Waals surface area (Å²) < 4.78 is 0. The van der Waals surface area contributed by atoms with Gasteiger partial charge in [0, 0.05) is 25.7 Å². The van der Waals surface area contributed by atoms with Crippen molar-refractivity contribution in [3.8, 4) is 0 Å². The van der Waals surface area contributed by atoms with E-state index in [1.54, 1.807) is 12.1 Å². The molecule has 5 nitrogen and oxygen atoms in total. The third-order valence-electron chi connectivity index (χ3n) is 4.65. The molecule has 6 heteroatoms. The van der Waals surface area contributed by atoms with Crippen molar-refractivity contribution in [1.29, 1.82) is 0 Å². The maximum Gasteiger partial charge on any atom is 0.252 e. The van der Waals surface area contributed by atoms with Gasteiger partial charge >= 0.3 is 0 Å². The zero-order valence-corrected chi connectivity index (χ0v) is 21.0. The summed E-state index contributed by atoms with van der Waals surface area (Å²) in [6, 6.07) is 3.17. The molecule has 0 fully saturated rings. The summed E-state index contributed by atoms with van der Waals surface area (Å²) in [4.78, 5) is 27.6. The van der Waals surface area contributed by atoms with Gasteiger partial charge in [-0.1, -0.05) is 79.3 Å². The normalized spacial score (nSPS) is 12.1. The highest BCUT2D eigenvalue weighted by Crippen LogP contribution is 2.05. The predicted molar refractivity (Wildman–Crippen MR) is 143 cm³/mol. The number of aromatic nitrogens is 1. The molecule has 0 aliphatic rings. The second-order valence-electron chi connectivity index (χ2n) is 7.58. The van der Waals surface area contributed by atoms with Crippen molar-refractivity contribution in [1.82, 2.24) is 15.6 Å². The van der Waals surface area contributed by atoms with Gasteiger partial charge in [-0.15, -0.1) is 0 Å². The fourth-order valence-electron chi connectivity index (χ4n) is 2.83. The van der Waals surface area contributed by atoms with Crippen LogP contribution in [0.25, 0.3) is 0 Å². The first kappa shape index (κ1) is 29.1.